The van der Waals surface area contributed by atoms with Crippen LogP contribution in [0.25, 0.3) is 0 Å². The number of benzene rings is 1. The van der Waals surface area contributed by atoms with E-state index < -0.39 is 4.92 Å². The maximum Gasteiger partial charge on any atom is 0.353 e. The second-order valence-corrected chi connectivity index (χ2v) is 6.80. The van der Waals surface area contributed by atoms with Gasteiger partial charge in [-0.15, -0.1) is 0 Å². The third-order valence-corrected chi connectivity index (χ3v) is 4.71. The molecule has 0 spiro atoms. The normalized spacial score (nSPS) is 13.7. The van der Waals surface area contributed by atoms with Gasteiger partial charge >= 0.3 is 5.69 Å². The van der Waals surface area contributed by atoms with Gasteiger partial charge in [0.2, 0.25) is 11.6 Å². The van der Waals surface area contributed by atoms with Gasteiger partial charge in [0.05, 0.1) is 4.92 Å². The van der Waals surface area contributed by atoms with Gasteiger partial charge in [-0.2, -0.15) is 0 Å². The summed E-state index contributed by atoms with van der Waals surface area (Å²) in [5.41, 5.74) is 3.52. The highest BCUT2D eigenvalue weighted by Gasteiger charge is 2.22. The minimum absolute atomic E-state index is 0.109. The van der Waals surface area contributed by atoms with E-state index in [1.54, 1.807) is 0 Å². The minimum Gasteiger partial charge on any atom is -0.364 e. The van der Waals surface area contributed by atoms with E-state index in [0.717, 1.165) is 24.8 Å². The number of anilines is 2. The zero-order valence-electron chi connectivity index (χ0n) is 15.6. The Morgan fingerprint density at radius 3 is 2.52 bits per heavy atom. The predicted molar refractivity (Wildman–Crippen MR) is 107 cm³/mol. The molecular weight excluding hydrogens is 342 g/mol. The summed E-state index contributed by atoms with van der Waals surface area (Å²) in [7, 11) is 0. The molecule has 27 heavy (non-hydrogen) atoms. The summed E-state index contributed by atoms with van der Waals surface area (Å²) < 4.78 is 0. The summed E-state index contributed by atoms with van der Waals surface area (Å²) >= 11 is 0. The van der Waals surface area contributed by atoms with Crippen molar-refractivity contribution in [3.05, 3.63) is 63.5 Å². The van der Waals surface area contributed by atoms with Crippen LogP contribution < -0.4 is 10.6 Å². The molecule has 1 heterocycles. The first kappa shape index (κ1) is 18.8. The van der Waals surface area contributed by atoms with Crippen LogP contribution in [0.15, 0.2) is 42.2 Å². The summed E-state index contributed by atoms with van der Waals surface area (Å²) in [5.74, 6) is 0.493. The number of nitrogens with zero attached hydrogens (tertiary/aromatic N) is 3. The molecule has 0 saturated heterocycles. The van der Waals surface area contributed by atoms with Crippen LogP contribution in [0.4, 0.5) is 17.3 Å². The monoisotopic (exact) mass is 367 g/mol. The Bertz CT molecular complexity index is 818. The van der Waals surface area contributed by atoms with Crippen molar-refractivity contribution in [1.29, 1.82) is 0 Å². The summed E-state index contributed by atoms with van der Waals surface area (Å²) in [6.07, 6.45) is 9.26. The van der Waals surface area contributed by atoms with Gasteiger partial charge in [-0.05, 0) is 44.6 Å². The second-order valence-electron chi connectivity index (χ2n) is 6.80. The third-order valence-electron chi connectivity index (χ3n) is 4.71. The molecule has 7 heteroatoms. The van der Waals surface area contributed by atoms with Crippen LogP contribution in [-0.2, 0) is 6.54 Å². The summed E-state index contributed by atoms with van der Waals surface area (Å²) in [6, 6.07) is 8.01. The Hall–Kier alpha value is -2.96. The molecule has 0 aliphatic heterocycles. The van der Waals surface area contributed by atoms with E-state index in [9.17, 15) is 10.1 Å². The van der Waals surface area contributed by atoms with Crippen molar-refractivity contribution in [2.24, 2.45) is 0 Å². The van der Waals surface area contributed by atoms with Crippen molar-refractivity contribution < 1.29 is 4.92 Å². The topological polar surface area (TPSA) is 93.0 Å². The lowest BCUT2D eigenvalue weighted by atomic mass is 9.97. The van der Waals surface area contributed by atoms with E-state index >= 15 is 0 Å². The summed E-state index contributed by atoms with van der Waals surface area (Å²) in [5, 5.41) is 17.8. The zero-order chi connectivity index (χ0) is 19.1. The molecular formula is C20H25N5O2. The van der Waals surface area contributed by atoms with E-state index in [-0.39, 0.29) is 17.3 Å². The first-order valence-corrected chi connectivity index (χ1v) is 9.34. The molecule has 3 rings (SSSR count). The third kappa shape index (κ3) is 5.26. The van der Waals surface area contributed by atoms with Crippen LogP contribution in [0.5, 0.6) is 0 Å². The molecule has 0 atom stereocenters. The minimum atomic E-state index is -0.431. The molecule has 2 aromatic rings. The fourth-order valence-corrected chi connectivity index (χ4v) is 3.18. The van der Waals surface area contributed by atoms with Gasteiger partial charge in [0.25, 0.3) is 0 Å². The van der Waals surface area contributed by atoms with E-state index in [4.69, 9.17) is 0 Å². The van der Waals surface area contributed by atoms with Crippen LogP contribution in [0.3, 0.4) is 0 Å². The predicted octanol–water partition coefficient (Wildman–Crippen LogP) is 4.61. The molecule has 0 amide bonds. The van der Waals surface area contributed by atoms with Gasteiger partial charge in [0.1, 0.15) is 6.33 Å². The number of nitro groups is 1. The van der Waals surface area contributed by atoms with Gasteiger partial charge in [-0.25, -0.2) is 9.97 Å². The van der Waals surface area contributed by atoms with Gasteiger partial charge < -0.3 is 10.6 Å². The average Bonchev–Trinajstić information content (AvgIpc) is 2.68. The molecule has 0 saturated carbocycles. The molecule has 0 bridgehead atoms. The largest absolute Gasteiger partial charge is 0.364 e. The van der Waals surface area contributed by atoms with Crippen molar-refractivity contribution >= 4 is 17.3 Å². The van der Waals surface area contributed by atoms with Gasteiger partial charge in [-0.1, -0.05) is 41.5 Å². The lowest BCUT2D eigenvalue weighted by Gasteiger charge is -2.14. The van der Waals surface area contributed by atoms with E-state index in [1.165, 1.54) is 30.3 Å². The summed E-state index contributed by atoms with van der Waals surface area (Å²) in [6.45, 7) is 3.11. The van der Waals surface area contributed by atoms with Crippen LogP contribution in [0, 0.1) is 17.0 Å². The van der Waals surface area contributed by atoms with Crippen molar-refractivity contribution in [3.63, 3.8) is 0 Å². The molecule has 0 fully saturated rings. The molecule has 0 unspecified atom stereocenters. The molecule has 7 nitrogen and oxygen atoms in total. The number of aromatic nitrogens is 2. The highest BCUT2D eigenvalue weighted by atomic mass is 16.6. The number of aryl methyl sites for hydroxylation is 1. The first-order chi connectivity index (χ1) is 13.1. The van der Waals surface area contributed by atoms with Crippen LogP contribution >= 0.6 is 0 Å². The second kappa shape index (κ2) is 9.12. The number of hydrogen-bond donors (Lipinski definition) is 2. The quantitative estimate of drug-likeness (QED) is 0.402. The lowest BCUT2D eigenvalue weighted by Crippen LogP contribution is -2.11. The van der Waals surface area contributed by atoms with Crippen molar-refractivity contribution in [3.8, 4) is 0 Å². The molecule has 2 N–H and O–H groups in total. The smallest absolute Gasteiger partial charge is 0.353 e. The fraction of sp³-hybridized carbons (Fsp3) is 0.400. The number of nitrogens with one attached hydrogen (secondary N) is 2. The lowest BCUT2D eigenvalue weighted by molar-refractivity contribution is -0.383. The zero-order valence-corrected chi connectivity index (χ0v) is 15.6. The molecule has 1 aromatic carbocycles. The Morgan fingerprint density at radius 1 is 1.11 bits per heavy atom. The van der Waals surface area contributed by atoms with E-state index in [0.29, 0.717) is 13.1 Å². The molecule has 142 valence electrons. The Kier molecular flexibility index (Phi) is 6.35. The first-order valence-electron chi connectivity index (χ1n) is 9.34. The van der Waals surface area contributed by atoms with Crippen LogP contribution in [0.2, 0.25) is 0 Å². The Morgan fingerprint density at radius 2 is 1.85 bits per heavy atom. The summed E-state index contributed by atoms with van der Waals surface area (Å²) in [4.78, 5) is 19.3. The van der Waals surface area contributed by atoms with Crippen molar-refractivity contribution in [1.82, 2.24) is 9.97 Å². The maximum atomic E-state index is 11.6. The Balaban J connectivity index is 1.67. The molecule has 1 aromatic heterocycles. The number of hydrogen-bond acceptors (Lipinski definition) is 6. The fourth-order valence-electron chi connectivity index (χ4n) is 3.18. The highest BCUT2D eigenvalue weighted by molar-refractivity contribution is 5.69. The van der Waals surface area contributed by atoms with Gasteiger partial charge in [-0.3, -0.25) is 10.1 Å². The molecule has 0 radical (unpaired) electrons. The number of allylic oxidation sites excluding steroid dienone is 1. The van der Waals surface area contributed by atoms with E-state index in [1.807, 2.05) is 31.2 Å². The number of rotatable bonds is 8. The molecule has 1 aliphatic rings. The highest BCUT2D eigenvalue weighted by Crippen LogP contribution is 2.29. The van der Waals surface area contributed by atoms with Crippen LogP contribution in [0.1, 0.15) is 43.2 Å². The van der Waals surface area contributed by atoms with Crippen LogP contribution in [-0.4, -0.2) is 21.4 Å². The van der Waals surface area contributed by atoms with Gasteiger partial charge in [0.15, 0.2) is 0 Å². The van der Waals surface area contributed by atoms with E-state index in [2.05, 4.69) is 26.7 Å². The SMILES string of the molecule is Cc1ccc(CNc2ncnc(NCCC3=CCCCC3)c2[N+](=O)[O-])cc1. The van der Waals surface area contributed by atoms with Gasteiger partial charge in [0, 0.05) is 13.1 Å². The van der Waals surface area contributed by atoms with Crippen molar-refractivity contribution in [2.75, 3.05) is 17.2 Å². The average molecular weight is 367 g/mol. The molecule has 1 aliphatic carbocycles. The standard InChI is InChI=1S/C20H25N5O2/c1-15-7-9-17(10-8-15)13-22-20-18(25(26)27)19(23-14-24-20)21-12-11-16-5-3-2-4-6-16/h5,7-10,14H,2-4,6,11-13H2,1H3,(H2,21,22,23,24). The maximum absolute atomic E-state index is 11.6. The Labute approximate surface area is 159 Å². The van der Waals surface area contributed by atoms with Crippen molar-refractivity contribution in [2.45, 2.75) is 45.6 Å².